The van der Waals surface area contributed by atoms with E-state index in [2.05, 4.69) is 45.1 Å². The van der Waals surface area contributed by atoms with Gasteiger partial charge in [-0.25, -0.2) is 9.78 Å². The zero-order valence-corrected chi connectivity index (χ0v) is 22.5. The smallest absolute Gasteiger partial charge is 0.410 e. The van der Waals surface area contributed by atoms with Crippen molar-refractivity contribution in [3.63, 3.8) is 0 Å². The van der Waals surface area contributed by atoms with Gasteiger partial charge in [-0.15, -0.1) is 0 Å². The number of piperazine rings is 1. The number of fused-ring (bicyclic) bond motifs is 1. The van der Waals surface area contributed by atoms with Crippen LogP contribution in [0.3, 0.4) is 0 Å². The van der Waals surface area contributed by atoms with Crippen molar-refractivity contribution in [2.24, 2.45) is 5.92 Å². The molecule has 1 unspecified atom stereocenters. The number of amides is 1. The van der Waals surface area contributed by atoms with Crippen LogP contribution in [-0.4, -0.2) is 93.0 Å². The highest BCUT2D eigenvalue weighted by molar-refractivity contribution is 6.28. The van der Waals surface area contributed by atoms with E-state index in [4.69, 9.17) is 26.1 Å². The van der Waals surface area contributed by atoms with Gasteiger partial charge in [-0.2, -0.15) is 9.97 Å². The lowest BCUT2D eigenvalue weighted by atomic mass is 10.00. The third-order valence-corrected chi connectivity index (χ3v) is 6.69. The number of carbonyl (C=O) groups excluding carboxylic acids is 1. The maximum absolute atomic E-state index is 12.9. The maximum atomic E-state index is 12.9. The predicted octanol–water partition coefficient (Wildman–Crippen LogP) is 3.41. The van der Waals surface area contributed by atoms with E-state index in [-0.39, 0.29) is 17.4 Å². The molecule has 2 saturated heterocycles. The largest absolute Gasteiger partial charge is 0.444 e. The van der Waals surface area contributed by atoms with Gasteiger partial charge in [-0.1, -0.05) is 13.8 Å². The molecule has 0 aliphatic carbocycles. The van der Waals surface area contributed by atoms with Crippen LogP contribution in [0.2, 0.25) is 5.28 Å². The van der Waals surface area contributed by atoms with Gasteiger partial charge in [0.05, 0.1) is 25.8 Å². The van der Waals surface area contributed by atoms with Crippen LogP contribution in [0.25, 0.3) is 11.2 Å². The molecule has 4 rings (SSSR count). The summed E-state index contributed by atoms with van der Waals surface area (Å²) >= 11 is 6.34. The molecule has 2 aromatic heterocycles. The minimum absolute atomic E-state index is 0.0659. The number of anilines is 1. The summed E-state index contributed by atoms with van der Waals surface area (Å²) < 4.78 is 13.3. The number of rotatable bonds is 5. The molecule has 0 aromatic carbocycles. The van der Waals surface area contributed by atoms with Crippen molar-refractivity contribution in [2.45, 2.75) is 66.3 Å². The average molecular weight is 508 g/mol. The van der Waals surface area contributed by atoms with E-state index < -0.39 is 5.60 Å². The molecule has 2 fully saturated rings. The second-order valence-electron chi connectivity index (χ2n) is 10.6. The Hall–Kier alpha value is -2.17. The van der Waals surface area contributed by atoms with Crippen molar-refractivity contribution in [2.75, 3.05) is 50.8 Å². The van der Waals surface area contributed by atoms with Crippen LogP contribution in [0, 0.1) is 5.92 Å². The number of aryl methyl sites for hydroxylation is 1. The number of carbonyl (C=O) groups is 1. The van der Waals surface area contributed by atoms with Gasteiger partial charge in [0.25, 0.3) is 0 Å². The summed E-state index contributed by atoms with van der Waals surface area (Å²) in [4.78, 5) is 33.4. The average Bonchev–Trinajstić information content (AvgIpc) is 3.14. The van der Waals surface area contributed by atoms with Gasteiger partial charge in [0, 0.05) is 39.3 Å². The summed E-state index contributed by atoms with van der Waals surface area (Å²) in [6.45, 7) is 18.4. The number of ether oxygens (including phenoxy) is 2. The normalized spacial score (nSPS) is 20.2. The fraction of sp³-hybridized carbons (Fsp3) is 0.750. The summed E-state index contributed by atoms with van der Waals surface area (Å²) in [6, 6.07) is 0.0659. The van der Waals surface area contributed by atoms with Crippen molar-refractivity contribution < 1.29 is 14.3 Å². The molecule has 0 saturated carbocycles. The lowest BCUT2D eigenvalue weighted by molar-refractivity contribution is -0.0110. The Morgan fingerprint density at radius 2 is 1.86 bits per heavy atom. The maximum Gasteiger partial charge on any atom is 0.410 e. The van der Waals surface area contributed by atoms with Gasteiger partial charge in [0.1, 0.15) is 11.4 Å². The van der Waals surface area contributed by atoms with Gasteiger partial charge in [-0.3, -0.25) is 4.90 Å². The summed E-state index contributed by atoms with van der Waals surface area (Å²) in [6.07, 6.45) is -0.239. The van der Waals surface area contributed by atoms with Crippen LogP contribution < -0.4 is 4.90 Å². The van der Waals surface area contributed by atoms with Gasteiger partial charge in [0.2, 0.25) is 5.28 Å². The molecule has 10 nitrogen and oxygen atoms in total. The molecule has 35 heavy (non-hydrogen) atoms. The Labute approximate surface area is 212 Å². The highest BCUT2D eigenvalue weighted by atomic mass is 35.5. The van der Waals surface area contributed by atoms with Crippen LogP contribution in [0.5, 0.6) is 0 Å². The Morgan fingerprint density at radius 3 is 2.49 bits per heavy atom. The quantitative estimate of drug-likeness (QED) is 0.569. The molecule has 194 valence electrons. The molecule has 0 spiro atoms. The minimum Gasteiger partial charge on any atom is -0.444 e. The first-order valence-corrected chi connectivity index (χ1v) is 12.9. The van der Waals surface area contributed by atoms with Crippen LogP contribution >= 0.6 is 11.6 Å². The van der Waals surface area contributed by atoms with Crippen molar-refractivity contribution in [1.82, 2.24) is 29.3 Å². The van der Waals surface area contributed by atoms with E-state index in [1.807, 2.05) is 25.7 Å². The van der Waals surface area contributed by atoms with E-state index in [0.29, 0.717) is 32.2 Å². The SMILES string of the molecule is CCn1c(CN2CCN(C(=O)OC(C)(C)C)C(C(C)C)C2)nc2c(N3CCOCC3)nc(Cl)nc21. The van der Waals surface area contributed by atoms with Gasteiger partial charge in [0.15, 0.2) is 17.0 Å². The summed E-state index contributed by atoms with van der Waals surface area (Å²) in [5.74, 6) is 2.00. The van der Waals surface area contributed by atoms with E-state index >= 15 is 0 Å². The van der Waals surface area contributed by atoms with Gasteiger partial charge >= 0.3 is 6.09 Å². The molecule has 0 radical (unpaired) electrons. The second kappa shape index (κ2) is 10.4. The van der Waals surface area contributed by atoms with Crippen LogP contribution in [-0.2, 0) is 22.6 Å². The fourth-order valence-electron chi connectivity index (χ4n) is 4.79. The number of hydrogen-bond donors (Lipinski definition) is 0. The lowest BCUT2D eigenvalue weighted by Gasteiger charge is -2.43. The summed E-state index contributed by atoms with van der Waals surface area (Å²) in [7, 11) is 0. The number of aromatic nitrogens is 4. The molecule has 0 bridgehead atoms. The topological polar surface area (TPSA) is 88.9 Å². The fourth-order valence-corrected chi connectivity index (χ4v) is 4.95. The molecule has 1 amide bonds. The van der Waals surface area contributed by atoms with Crippen molar-refractivity contribution in [3.8, 4) is 0 Å². The molecule has 2 aromatic rings. The Morgan fingerprint density at radius 1 is 1.14 bits per heavy atom. The third-order valence-electron chi connectivity index (χ3n) is 6.52. The number of halogens is 1. The van der Waals surface area contributed by atoms with Crippen molar-refractivity contribution in [1.29, 1.82) is 0 Å². The Kier molecular flexibility index (Phi) is 7.73. The standard InChI is InChI=1S/C24H38ClN7O3/c1-7-31-18(26-19-20(27-22(25)28-21(19)31)30-10-12-34-13-11-30)15-29-8-9-32(17(14-29)16(2)3)23(33)35-24(4,5)6/h16-17H,7-15H2,1-6H3. The lowest BCUT2D eigenvalue weighted by Crippen LogP contribution is -2.57. The molecular formula is C24H38ClN7O3. The van der Waals surface area contributed by atoms with Crippen molar-refractivity contribution in [3.05, 3.63) is 11.1 Å². The first-order chi connectivity index (χ1) is 16.6. The predicted molar refractivity (Wildman–Crippen MR) is 136 cm³/mol. The highest BCUT2D eigenvalue weighted by Crippen LogP contribution is 2.28. The van der Waals surface area contributed by atoms with E-state index in [1.165, 1.54) is 0 Å². The summed E-state index contributed by atoms with van der Waals surface area (Å²) in [5.41, 5.74) is 1.03. The Bertz CT molecular complexity index is 1050. The van der Waals surface area contributed by atoms with E-state index in [9.17, 15) is 4.79 Å². The molecule has 0 N–H and O–H groups in total. The first-order valence-electron chi connectivity index (χ1n) is 12.5. The van der Waals surface area contributed by atoms with Gasteiger partial charge in [-0.05, 0) is 45.2 Å². The molecule has 2 aliphatic heterocycles. The van der Waals surface area contributed by atoms with Gasteiger partial charge < -0.3 is 23.8 Å². The molecule has 1 atom stereocenters. The zero-order chi connectivity index (χ0) is 25.3. The second-order valence-corrected chi connectivity index (χ2v) is 10.9. The third kappa shape index (κ3) is 5.81. The van der Waals surface area contributed by atoms with E-state index in [0.717, 1.165) is 55.5 Å². The zero-order valence-electron chi connectivity index (χ0n) is 21.8. The minimum atomic E-state index is -0.512. The molecule has 11 heteroatoms. The summed E-state index contributed by atoms with van der Waals surface area (Å²) in [5, 5.41) is 0.228. The number of morpholine rings is 1. The number of hydrogen-bond acceptors (Lipinski definition) is 8. The van der Waals surface area contributed by atoms with E-state index in [1.54, 1.807) is 0 Å². The highest BCUT2D eigenvalue weighted by Gasteiger charge is 2.35. The van der Waals surface area contributed by atoms with Crippen LogP contribution in [0.1, 0.15) is 47.4 Å². The van der Waals surface area contributed by atoms with Crippen LogP contribution in [0.15, 0.2) is 0 Å². The number of imidazole rings is 1. The first kappa shape index (κ1) is 25.9. The monoisotopic (exact) mass is 507 g/mol. The molecule has 4 heterocycles. The van der Waals surface area contributed by atoms with Crippen LogP contribution in [0.4, 0.5) is 10.6 Å². The Balaban J connectivity index is 1.58. The molecule has 2 aliphatic rings. The molecular weight excluding hydrogens is 470 g/mol. The number of nitrogens with zero attached hydrogens (tertiary/aromatic N) is 7. The van der Waals surface area contributed by atoms with Crippen molar-refractivity contribution >= 4 is 34.7 Å².